The van der Waals surface area contributed by atoms with Crippen molar-refractivity contribution in [3.63, 3.8) is 0 Å². The SMILES string of the molecule is N#Cc1ccc(-c2cc(C(=O)N3CCCC(NC(=O)O)C3)ccc2OCc2cccnc2)cc1. The highest BCUT2D eigenvalue weighted by Gasteiger charge is 2.26. The van der Waals surface area contributed by atoms with Crippen molar-refractivity contribution >= 4 is 12.0 Å². The molecule has 8 heteroatoms. The zero-order chi connectivity index (χ0) is 23.9. The highest BCUT2D eigenvalue weighted by molar-refractivity contribution is 5.96. The molecule has 2 aromatic carbocycles. The van der Waals surface area contributed by atoms with Gasteiger partial charge < -0.3 is 20.1 Å². The van der Waals surface area contributed by atoms with Gasteiger partial charge in [-0.2, -0.15) is 5.26 Å². The molecule has 1 atom stereocenters. The molecular formula is C26H24N4O4. The van der Waals surface area contributed by atoms with Gasteiger partial charge in [0.05, 0.1) is 11.6 Å². The number of rotatable bonds is 6. The zero-order valence-electron chi connectivity index (χ0n) is 18.5. The number of carbonyl (C=O) groups is 2. The minimum Gasteiger partial charge on any atom is -0.488 e. The summed E-state index contributed by atoms with van der Waals surface area (Å²) in [6.07, 6.45) is 3.78. The summed E-state index contributed by atoms with van der Waals surface area (Å²) in [6.45, 7) is 1.22. The summed E-state index contributed by atoms with van der Waals surface area (Å²) in [6, 6.07) is 18.0. The second kappa shape index (κ2) is 10.5. The number of carbonyl (C=O) groups excluding carboxylic acids is 1. The van der Waals surface area contributed by atoms with E-state index in [9.17, 15) is 9.59 Å². The molecule has 2 amide bonds. The molecule has 1 saturated heterocycles. The lowest BCUT2D eigenvalue weighted by atomic mass is 9.99. The molecule has 2 heterocycles. The number of benzene rings is 2. The monoisotopic (exact) mass is 456 g/mol. The minimum absolute atomic E-state index is 0.161. The van der Waals surface area contributed by atoms with Crippen LogP contribution in [0.3, 0.4) is 0 Å². The fraction of sp³-hybridized carbons (Fsp3) is 0.231. The van der Waals surface area contributed by atoms with Gasteiger partial charge in [-0.15, -0.1) is 0 Å². The normalized spacial score (nSPS) is 15.3. The Morgan fingerprint density at radius 2 is 2.03 bits per heavy atom. The van der Waals surface area contributed by atoms with Gasteiger partial charge in [-0.05, 0) is 54.8 Å². The molecule has 0 bridgehead atoms. The van der Waals surface area contributed by atoms with Crippen molar-refractivity contribution in [2.75, 3.05) is 13.1 Å². The number of hydrogen-bond donors (Lipinski definition) is 2. The minimum atomic E-state index is -1.09. The van der Waals surface area contributed by atoms with Crippen molar-refractivity contribution in [2.45, 2.75) is 25.5 Å². The van der Waals surface area contributed by atoms with E-state index in [1.165, 1.54) is 0 Å². The maximum Gasteiger partial charge on any atom is 0.404 e. The van der Waals surface area contributed by atoms with E-state index in [1.54, 1.807) is 47.6 Å². The van der Waals surface area contributed by atoms with E-state index >= 15 is 0 Å². The number of aromatic nitrogens is 1. The Hall–Kier alpha value is -4.38. The van der Waals surface area contributed by atoms with E-state index in [1.807, 2.05) is 24.3 Å². The number of carboxylic acid groups (broad SMARTS) is 1. The Labute approximate surface area is 197 Å². The Bertz CT molecular complexity index is 1210. The highest BCUT2D eigenvalue weighted by atomic mass is 16.5. The molecule has 0 spiro atoms. The average molecular weight is 457 g/mol. The fourth-order valence-electron chi connectivity index (χ4n) is 4.02. The molecule has 172 valence electrons. The molecule has 2 N–H and O–H groups in total. The number of hydrogen-bond acceptors (Lipinski definition) is 5. The summed E-state index contributed by atoms with van der Waals surface area (Å²) >= 11 is 0. The van der Waals surface area contributed by atoms with E-state index in [-0.39, 0.29) is 11.9 Å². The van der Waals surface area contributed by atoms with Crippen LogP contribution in [0.2, 0.25) is 0 Å². The van der Waals surface area contributed by atoms with Crippen LogP contribution in [0.4, 0.5) is 4.79 Å². The first kappa shape index (κ1) is 22.8. The Morgan fingerprint density at radius 1 is 1.21 bits per heavy atom. The number of nitrogens with zero attached hydrogens (tertiary/aromatic N) is 3. The van der Waals surface area contributed by atoms with Gasteiger partial charge in [-0.3, -0.25) is 9.78 Å². The predicted octanol–water partition coefficient (Wildman–Crippen LogP) is 4.07. The quantitative estimate of drug-likeness (QED) is 0.578. The van der Waals surface area contributed by atoms with Crippen molar-refractivity contribution in [1.29, 1.82) is 5.26 Å². The lowest BCUT2D eigenvalue weighted by Crippen LogP contribution is -2.49. The largest absolute Gasteiger partial charge is 0.488 e. The van der Waals surface area contributed by atoms with Gasteiger partial charge in [0.1, 0.15) is 12.4 Å². The lowest BCUT2D eigenvalue weighted by molar-refractivity contribution is 0.0692. The van der Waals surface area contributed by atoms with Crippen LogP contribution in [-0.4, -0.2) is 46.1 Å². The molecule has 1 aliphatic rings. The third-order valence-corrected chi connectivity index (χ3v) is 5.70. The number of nitriles is 1. The summed E-state index contributed by atoms with van der Waals surface area (Å²) in [5.41, 5.74) is 3.50. The molecular weight excluding hydrogens is 432 g/mol. The average Bonchev–Trinajstić information content (AvgIpc) is 2.87. The second-order valence-corrected chi connectivity index (χ2v) is 8.09. The number of pyridine rings is 1. The number of piperidine rings is 1. The van der Waals surface area contributed by atoms with Crippen LogP contribution < -0.4 is 10.1 Å². The molecule has 1 aliphatic heterocycles. The first-order valence-corrected chi connectivity index (χ1v) is 11.0. The van der Waals surface area contributed by atoms with Gasteiger partial charge in [-0.1, -0.05) is 18.2 Å². The number of nitrogens with one attached hydrogen (secondary N) is 1. The molecule has 1 fully saturated rings. The van der Waals surface area contributed by atoms with Gasteiger partial charge in [0, 0.05) is 48.2 Å². The summed E-state index contributed by atoms with van der Waals surface area (Å²) < 4.78 is 6.07. The van der Waals surface area contributed by atoms with E-state index in [4.69, 9.17) is 15.1 Å². The standard InChI is InChI=1S/C26H24N4O4/c27-14-18-5-7-20(8-6-18)23-13-21(9-10-24(23)34-17-19-3-1-11-28-15-19)25(31)30-12-2-4-22(16-30)29-26(32)33/h1,3,5-11,13,15,22,29H,2,4,12,16-17H2,(H,32,33). The summed E-state index contributed by atoms with van der Waals surface area (Å²) in [5, 5.41) is 20.6. The maximum absolute atomic E-state index is 13.3. The third kappa shape index (κ3) is 5.51. The van der Waals surface area contributed by atoms with Crippen LogP contribution in [0.15, 0.2) is 67.0 Å². The van der Waals surface area contributed by atoms with E-state index in [0.717, 1.165) is 23.1 Å². The van der Waals surface area contributed by atoms with Crippen LogP contribution in [0, 0.1) is 11.3 Å². The molecule has 4 rings (SSSR count). The first-order chi connectivity index (χ1) is 16.5. The summed E-state index contributed by atoms with van der Waals surface area (Å²) in [5.74, 6) is 0.444. The topological polar surface area (TPSA) is 116 Å². The first-order valence-electron chi connectivity index (χ1n) is 11.0. The van der Waals surface area contributed by atoms with Crippen LogP contribution in [0.25, 0.3) is 11.1 Å². The Kier molecular flexibility index (Phi) is 7.04. The van der Waals surface area contributed by atoms with Crippen molar-refractivity contribution in [1.82, 2.24) is 15.2 Å². The van der Waals surface area contributed by atoms with Crippen molar-refractivity contribution in [2.24, 2.45) is 0 Å². The molecule has 0 radical (unpaired) electrons. The highest BCUT2D eigenvalue weighted by Crippen LogP contribution is 2.32. The number of ether oxygens (including phenoxy) is 1. The Balaban J connectivity index is 1.61. The molecule has 0 aliphatic carbocycles. The van der Waals surface area contributed by atoms with Crippen molar-refractivity contribution in [3.8, 4) is 22.9 Å². The molecule has 1 aromatic heterocycles. The molecule has 3 aromatic rings. The summed E-state index contributed by atoms with van der Waals surface area (Å²) in [4.78, 5) is 30.1. The zero-order valence-corrected chi connectivity index (χ0v) is 18.5. The number of likely N-dealkylation sites (tertiary alicyclic amines) is 1. The van der Waals surface area contributed by atoms with E-state index in [2.05, 4.69) is 16.4 Å². The second-order valence-electron chi connectivity index (χ2n) is 8.09. The van der Waals surface area contributed by atoms with E-state index < -0.39 is 6.09 Å². The van der Waals surface area contributed by atoms with Crippen LogP contribution in [-0.2, 0) is 6.61 Å². The van der Waals surface area contributed by atoms with Gasteiger partial charge in [0.15, 0.2) is 0 Å². The number of amides is 2. The van der Waals surface area contributed by atoms with Crippen LogP contribution in [0.1, 0.15) is 34.3 Å². The smallest absolute Gasteiger partial charge is 0.404 e. The van der Waals surface area contributed by atoms with Crippen LogP contribution >= 0.6 is 0 Å². The van der Waals surface area contributed by atoms with Gasteiger partial charge >= 0.3 is 6.09 Å². The maximum atomic E-state index is 13.3. The third-order valence-electron chi connectivity index (χ3n) is 5.70. The molecule has 34 heavy (non-hydrogen) atoms. The molecule has 8 nitrogen and oxygen atoms in total. The molecule has 1 unspecified atom stereocenters. The predicted molar refractivity (Wildman–Crippen MR) is 125 cm³/mol. The molecule has 0 saturated carbocycles. The van der Waals surface area contributed by atoms with Crippen LogP contribution in [0.5, 0.6) is 5.75 Å². The van der Waals surface area contributed by atoms with Crippen molar-refractivity contribution < 1.29 is 19.4 Å². The van der Waals surface area contributed by atoms with Crippen molar-refractivity contribution in [3.05, 3.63) is 83.7 Å². The van der Waals surface area contributed by atoms with Gasteiger partial charge in [-0.25, -0.2) is 4.79 Å². The lowest BCUT2D eigenvalue weighted by Gasteiger charge is -2.32. The fourth-order valence-corrected chi connectivity index (χ4v) is 4.02. The Morgan fingerprint density at radius 3 is 2.74 bits per heavy atom. The van der Waals surface area contributed by atoms with Gasteiger partial charge in [0.2, 0.25) is 0 Å². The van der Waals surface area contributed by atoms with E-state index in [0.29, 0.717) is 43.0 Å². The summed E-state index contributed by atoms with van der Waals surface area (Å²) in [7, 11) is 0. The van der Waals surface area contributed by atoms with Gasteiger partial charge in [0.25, 0.3) is 5.91 Å².